The van der Waals surface area contributed by atoms with Gasteiger partial charge in [0.15, 0.2) is 0 Å². The second kappa shape index (κ2) is 4.16. The average molecular weight is 258 g/mol. The van der Waals surface area contributed by atoms with E-state index in [9.17, 15) is 9.59 Å². The zero-order valence-electron chi connectivity index (χ0n) is 9.79. The summed E-state index contributed by atoms with van der Waals surface area (Å²) in [6.07, 6.45) is 1.54. The first-order valence-corrected chi connectivity index (χ1v) is 5.63. The van der Waals surface area contributed by atoms with Crippen molar-refractivity contribution in [2.75, 3.05) is 0 Å². The van der Waals surface area contributed by atoms with E-state index in [4.69, 9.17) is 9.52 Å². The molecule has 0 radical (unpaired) electrons. The van der Waals surface area contributed by atoms with E-state index in [0.29, 0.717) is 23.3 Å². The molecule has 6 heteroatoms. The number of aromatic nitrogens is 2. The summed E-state index contributed by atoms with van der Waals surface area (Å²) >= 11 is 0. The molecule has 2 N–H and O–H groups in total. The molecule has 0 bridgehead atoms. The molecule has 2 aromatic heterocycles. The Bertz CT molecular complexity index is 796. The Balaban J connectivity index is 2.12. The van der Waals surface area contributed by atoms with Crippen molar-refractivity contribution in [3.8, 4) is 0 Å². The molecule has 3 aromatic rings. The Hall–Kier alpha value is -2.76. The van der Waals surface area contributed by atoms with Crippen molar-refractivity contribution in [1.82, 2.24) is 9.55 Å². The first-order chi connectivity index (χ1) is 9.15. The maximum atomic E-state index is 11.9. The summed E-state index contributed by atoms with van der Waals surface area (Å²) in [5, 5.41) is 8.91. The van der Waals surface area contributed by atoms with Crippen molar-refractivity contribution in [1.29, 1.82) is 0 Å². The summed E-state index contributed by atoms with van der Waals surface area (Å²) in [6.45, 7) is 0.304. The van der Waals surface area contributed by atoms with Crippen LogP contribution in [0.5, 0.6) is 0 Å². The maximum Gasteiger partial charge on any atom is 0.335 e. The highest BCUT2D eigenvalue weighted by atomic mass is 16.4. The van der Waals surface area contributed by atoms with Crippen molar-refractivity contribution in [3.05, 3.63) is 58.4 Å². The van der Waals surface area contributed by atoms with E-state index in [-0.39, 0.29) is 11.3 Å². The molecular weight excluding hydrogens is 248 g/mol. The summed E-state index contributed by atoms with van der Waals surface area (Å²) in [5.74, 6) is -0.369. The van der Waals surface area contributed by atoms with Crippen LogP contribution in [0.1, 0.15) is 16.1 Å². The van der Waals surface area contributed by atoms with Gasteiger partial charge >= 0.3 is 11.7 Å². The lowest BCUT2D eigenvalue weighted by molar-refractivity contribution is 0.0697. The van der Waals surface area contributed by atoms with Crippen LogP contribution in [-0.2, 0) is 6.54 Å². The first kappa shape index (κ1) is 11.3. The Labute approximate surface area is 106 Å². The number of hydrogen-bond acceptors (Lipinski definition) is 3. The van der Waals surface area contributed by atoms with E-state index in [2.05, 4.69) is 4.98 Å². The zero-order chi connectivity index (χ0) is 13.4. The molecule has 0 aliphatic rings. The normalized spacial score (nSPS) is 10.9. The number of aromatic carboxylic acids is 1. The van der Waals surface area contributed by atoms with Crippen molar-refractivity contribution < 1.29 is 14.3 Å². The number of rotatable bonds is 3. The van der Waals surface area contributed by atoms with E-state index >= 15 is 0 Å². The third-order valence-electron chi connectivity index (χ3n) is 2.92. The molecule has 0 saturated heterocycles. The fourth-order valence-electron chi connectivity index (χ4n) is 2.01. The van der Waals surface area contributed by atoms with Gasteiger partial charge in [0.2, 0.25) is 0 Å². The summed E-state index contributed by atoms with van der Waals surface area (Å²) in [7, 11) is 0. The molecule has 0 amide bonds. The van der Waals surface area contributed by atoms with Crippen LogP contribution in [0.2, 0.25) is 0 Å². The molecule has 0 saturated carbocycles. The molecule has 0 fully saturated rings. The highest BCUT2D eigenvalue weighted by molar-refractivity contribution is 5.92. The number of imidazole rings is 1. The van der Waals surface area contributed by atoms with E-state index in [0.717, 1.165) is 0 Å². The highest BCUT2D eigenvalue weighted by Gasteiger charge is 2.11. The lowest BCUT2D eigenvalue weighted by Gasteiger charge is -2.00. The van der Waals surface area contributed by atoms with Gasteiger partial charge < -0.3 is 14.5 Å². The Morgan fingerprint density at radius 3 is 2.89 bits per heavy atom. The van der Waals surface area contributed by atoms with Crippen LogP contribution in [0.15, 0.2) is 45.8 Å². The molecule has 19 heavy (non-hydrogen) atoms. The fourth-order valence-corrected chi connectivity index (χ4v) is 2.01. The van der Waals surface area contributed by atoms with Crippen LogP contribution in [0, 0.1) is 0 Å². The molecular formula is C13H10N2O4. The number of aromatic amines is 1. The monoisotopic (exact) mass is 258 g/mol. The van der Waals surface area contributed by atoms with Crippen molar-refractivity contribution in [2.45, 2.75) is 6.54 Å². The Morgan fingerprint density at radius 1 is 1.37 bits per heavy atom. The molecule has 3 rings (SSSR count). The Morgan fingerprint density at radius 2 is 2.21 bits per heavy atom. The Kier molecular flexibility index (Phi) is 2.49. The maximum absolute atomic E-state index is 11.9. The average Bonchev–Trinajstić information content (AvgIpc) is 2.98. The van der Waals surface area contributed by atoms with Crippen molar-refractivity contribution in [2.24, 2.45) is 0 Å². The van der Waals surface area contributed by atoms with Gasteiger partial charge in [-0.3, -0.25) is 4.57 Å². The van der Waals surface area contributed by atoms with Crippen LogP contribution in [0.25, 0.3) is 11.0 Å². The molecule has 0 spiro atoms. The SMILES string of the molecule is O=C(O)c1ccc2c(c1)[nH]c(=O)n2Cc1ccco1. The third-order valence-corrected chi connectivity index (χ3v) is 2.92. The van der Waals surface area contributed by atoms with Crippen molar-refractivity contribution in [3.63, 3.8) is 0 Å². The summed E-state index contributed by atoms with van der Waals surface area (Å²) in [6, 6.07) is 8.04. The molecule has 0 aliphatic heterocycles. The van der Waals surface area contributed by atoms with Crippen LogP contribution in [0.4, 0.5) is 0 Å². The second-order valence-corrected chi connectivity index (χ2v) is 4.13. The minimum atomic E-state index is -1.03. The molecule has 6 nitrogen and oxygen atoms in total. The van der Waals surface area contributed by atoms with E-state index < -0.39 is 5.97 Å². The largest absolute Gasteiger partial charge is 0.478 e. The number of benzene rings is 1. The number of H-pyrrole nitrogens is 1. The predicted octanol–water partition coefficient (Wildman–Crippen LogP) is 1.67. The number of nitrogens with one attached hydrogen (secondary N) is 1. The summed E-state index contributed by atoms with van der Waals surface area (Å²) in [4.78, 5) is 25.4. The minimum absolute atomic E-state index is 0.138. The number of nitrogens with zero attached hydrogens (tertiary/aromatic N) is 1. The molecule has 0 unspecified atom stereocenters. The number of furan rings is 1. The van der Waals surface area contributed by atoms with Gasteiger partial charge in [-0.15, -0.1) is 0 Å². The van der Waals surface area contributed by atoms with Gasteiger partial charge in [-0.25, -0.2) is 9.59 Å². The number of hydrogen-bond donors (Lipinski definition) is 2. The molecule has 0 aliphatic carbocycles. The number of fused-ring (bicyclic) bond motifs is 1. The van der Waals surface area contributed by atoms with Gasteiger partial charge in [-0.1, -0.05) is 0 Å². The van der Waals surface area contributed by atoms with Gasteiger partial charge in [0.25, 0.3) is 0 Å². The highest BCUT2D eigenvalue weighted by Crippen LogP contribution is 2.14. The third kappa shape index (κ3) is 1.93. The lowest BCUT2D eigenvalue weighted by Crippen LogP contribution is -2.16. The van der Waals surface area contributed by atoms with E-state index in [1.807, 2.05) is 0 Å². The summed E-state index contributed by atoms with van der Waals surface area (Å²) < 4.78 is 6.70. The quantitative estimate of drug-likeness (QED) is 0.747. The summed E-state index contributed by atoms with van der Waals surface area (Å²) in [5.41, 5.74) is 0.982. The van der Waals surface area contributed by atoms with Crippen LogP contribution in [0.3, 0.4) is 0 Å². The number of carbonyl (C=O) groups is 1. The van der Waals surface area contributed by atoms with E-state index in [1.54, 1.807) is 18.2 Å². The van der Waals surface area contributed by atoms with Gasteiger partial charge in [0, 0.05) is 0 Å². The standard InChI is InChI=1S/C13H10N2O4/c16-12(17)8-3-4-11-10(6-8)14-13(18)15(11)7-9-2-1-5-19-9/h1-6H,7H2,(H,14,18)(H,16,17). The molecule has 1 aromatic carbocycles. The predicted molar refractivity (Wildman–Crippen MR) is 67.3 cm³/mol. The smallest absolute Gasteiger partial charge is 0.335 e. The minimum Gasteiger partial charge on any atom is -0.478 e. The van der Waals surface area contributed by atoms with Gasteiger partial charge in [0.1, 0.15) is 5.76 Å². The van der Waals surface area contributed by atoms with E-state index in [1.165, 1.54) is 23.0 Å². The second-order valence-electron chi connectivity index (χ2n) is 4.13. The lowest BCUT2D eigenvalue weighted by atomic mass is 10.2. The van der Waals surface area contributed by atoms with Crippen LogP contribution >= 0.6 is 0 Å². The fraction of sp³-hybridized carbons (Fsp3) is 0.0769. The number of carboxylic acids is 1. The van der Waals surface area contributed by atoms with Crippen molar-refractivity contribution >= 4 is 17.0 Å². The van der Waals surface area contributed by atoms with Crippen LogP contribution < -0.4 is 5.69 Å². The number of carboxylic acid groups (broad SMARTS) is 1. The van der Waals surface area contributed by atoms with Gasteiger partial charge in [0.05, 0.1) is 29.4 Å². The zero-order valence-corrected chi connectivity index (χ0v) is 9.79. The van der Waals surface area contributed by atoms with Crippen LogP contribution in [-0.4, -0.2) is 20.6 Å². The first-order valence-electron chi connectivity index (χ1n) is 5.63. The molecule has 0 atom stereocenters. The molecule has 2 heterocycles. The van der Waals surface area contributed by atoms with Gasteiger partial charge in [-0.2, -0.15) is 0 Å². The topological polar surface area (TPSA) is 88.2 Å². The van der Waals surface area contributed by atoms with Gasteiger partial charge in [-0.05, 0) is 30.3 Å². The molecule has 96 valence electrons.